The molecule has 1 aliphatic rings. The van der Waals surface area contributed by atoms with Gasteiger partial charge in [0.15, 0.2) is 5.69 Å². The molecule has 2 heterocycles. The highest BCUT2D eigenvalue weighted by Crippen LogP contribution is 2.19. The Balaban J connectivity index is 2.15. The number of nitrogens with zero attached hydrogens (tertiary/aromatic N) is 3. The molecule has 5 nitrogen and oxygen atoms in total. The fourth-order valence-electron chi connectivity index (χ4n) is 2.42. The van der Waals surface area contributed by atoms with Crippen LogP contribution in [0.1, 0.15) is 37.0 Å². The predicted octanol–water partition coefficient (Wildman–Crippen LogP) is 1.32. The summed E-state index contributed by atoms with van der Waals surface area (Å²) in [5, 5.41) is 4.39. The van der Waals surface area contributed by atoms with E-state index in [0.717, 1.165) is 18.7 Å². The number of aromatic nitrogens is 2. The molecule has 1 aromatic rings. The summed E-state index contributed by atoms with van der Waals surface area (Å²) in [5.74, 6) is 0.0170. The standard InChI is InChI=1S/C13H21N3O2/c1-5-15(9(2)3)13(17)12-7-10-6-11(18-4)8-16(10)14-12/h7,9,11H,5-6,8H2,1-4H3/t11-/m0/s1. The van der Waals surface area contributed by atoms with Crippen LogP contribution in [0.2, 0.25) is 0 Å². The van der Waals surface area contributed by atoms with E-state index in [9.17, 15) is 4.79 Å². The minimum Gasteiger partial charge on any atom is -0.379 e. The van der Waals surface area contributed by atoms with Gasteiger partial charge in [0, 0.05) is 31.8 Å². The Labute approximate surface area is 108 Å². The molecule has 2 rings (SSSR count). The molecule has 0 bridgehead atoms. The molecule has 0 saturated carbocycles. The molecule has 0 radical (unpaired) electrons. The van der Waals surface area contributed by atoms with E-state index in [0.29, 0.717) is 12.2 Å². The van der Waals surface area contributed by atoms with E-state index < -0.39 is 0 Å². The summed E-state index contributed by atoms with van der Waals surface area (Å²) in [5.41, 5.74) is 1.64. The van der Waals surface area contributed by atoms with E-state index in [1.165, 1.54) is 0 Å². The molecule has 0 N–H and O–H groups in total. The van der Waals surface area contributed by atoms with Crippen LogP contribution in [0.25, 0.3) is 0 Å². The van der Waals surface area contributed by atoms with Crippen LogP contribution in [0, 0.1) is 0 Å². The highest BCUT2D eigenvalue weighted by atomic mass is 16.5. The number of carbonyl (C=O) groups is 1. The van der Waals surface area contributed by atoms with Crippen molar-refractivity contribution >= 4 is 5.91 Å². The van der Waals surface area contributed by atoms with E-state index in [-0.39, 0.29) is 18.1 Å². The normalized spacial score (nSPS) is 18.2. The molecule has 1 aliphatic heterocycles. The summed E-state index contributed by atoms with van der Waals surface area (Å²) in [6.45, 7) is 7.48. The lowest BCUT2D eigenvalue weighted by atomic mass is 10.2. The third-order valence-corrected chi connectivity index (χ3v) is 3.45. The molecule has 1 atom stereocenters. The Morgan fingerprint density at radius 3 is 2.89 bits per heavy atom. The minimum atomic E-state index is 0.0170. The maximum absolute atomic E-state index is 12.3. The van der Waals surface area contributed by atoms with Crippen LogP contribution in [0.4, 0.5) is 0 Å². The van der Waals surface area contributed by atoms with E-state index in [1.54, 1.807) is 7.11 Å². The van der Waals surface area contributed by atoms with Crippen molar-refractivity contribution < 1.29 is 9.53 Å². The Kier molecular flexibility index (Phi) is 3.71. The van der Waals surface area contributed by atoms with Crippen LogP contribution < -0.4 is 0 Å². The number of fused-ring (bicyclic) bond motifs is 1. The van der Waals surface area contributed by atoms with Crippen LogP contribution in [-0.2, 0) is 17.7 Å². The molecule has 0 saturated heterocycles. The highest BCUT2D eigenvalue weighted by molar-refractivity contribution is 5.92. The maximum atomic E-state index is 12.3. The van der Waals surface area contributed by atoms with E-state index in [4.69, 9.17) is 4.74 Å². The molecule has 0 aliphatic carbocycles. The fourth-order valence-corrected chi connectivity index (χ4v) is 2.42. The van der Waals surface area contributed by atoms with Crippen molar-refractivity contribution in [3.63, 3.8) is 0 Å². The lowest BCUT2D eigenvalue weighted by Crippen LogP contribution is -2.37. The summed E-state index contributed by atoms with van der Waals surface area (Å²) in [4.78, 5) is 14.1. The average molecular weight is 251 g/mol. The zero-order chi connectivity index (χ0) is 13.3. The van der Waals surface area contributed by atoms with Gasteiger partial charge in [0.05, 0.1) is 12.6 Å². The number of ether oxygens (including phenoxy) is 1. The van der Waals surface area contributed by atoms with Crippen molar-refractivity contribution in [3.05, 3.63) is 17.5 Å². The van der Waals surface area contributed by atoms with Crippen molar-refractivity contribution in [1.29, 1.82) is 0 Å². The molecule has 100 valence electrons. The van der Waals surface area contributed by atoms with Gasteiger partial charge in [-0.25, -0.2) is 0 Å². The Bertz CT molecular complexity index is 416. The largest absolute Gasteiger partial charge is 0.379 e. The molecular weight excluding hydrogens is 230 g/mol. The van der Waals surface area contributed by atoms with Gasteiger partial charge >= 0.3 is 0 Å². The second-order valence-electron chi connectivity index (χ2n) is 4.95. The average Bonchev–Trinajstić information content (AvgIpc) is 2.86. The van der Waals surface area contributed by atoms with Crippen LogP contribution in [0.15, 0.2) is 6.07 Å². The van der Waals surface area contributed by atoms with E-state index in [1.807, 2.05) is 36.4 Å². The Morgan fingerprint density at radius 1 is 1.67 bits per heavy atom. The van der Waals surface area contributed by atoms with Crippen LogP contribution in [0.3, 0.4) is 0 Å². The zero-order valence-electron chi connectivity index (χ0n) is 11.5. The van der Waals surface area contributed by atoms with Crippen LogP contribution >= 0.6 is 0 Å². The van der Waals surface area contributed by atoms with Crippen molar-refractivity contribution in [1.82, 2.24) is 14.7 Å². The molecule has 5 heteroatoms. The first-order valence-corrected chi connectivity index (χ1v) is 6.47. The minimum absolute atomic E-state index is 0.0170. The van der Waals surface area contributed by atoms with Gasteiger partial charge in [-0.2, -0.15) is 5.10 Å². The van der Waals surface area contributed by atoms with Gasteiger partial charge in [0.25, 0.3) is 5.91 Å². The van der Waals surface area contributed by atoms with Crippen molar-refractivity contribution in [2.24, 2.45) is 0 Å². The summed E-state index contributed by atoms with van der Waals surface area (Å²) in [6.07, 6.45) is 1.04. The molecule has 0 aromatic carbocycles. The highest BCUT2D eigenvalue weighted by Gasteiger charge is 2.27. The molecule has 0 fully saturated rings. The lowest BCUT2D eigenvalue weighted by Gasteiger charge is -2.24. The molecule has 18 heavy (non-hydrogen) atoms. The van der Waals surface area contributed by atoms with Gasteiger partial charge < -0.3 is 9.64 Å². The molecular formula is C13H21N3O2. The maximum Gasteiger partial charge on any atom is 0.274 e. The molecule has 0 unspecified atom stereocenters. The van der Waals surface area contributed by atoms with Crippen molar-refractivity contribution in [2.75, 3.05) is 13.7 Å². The number of hydrogen-bond acceptors (Lipinski definition) is 3. The molecule has 1 aromatic heterocycles. The number of amides is 1. The first-order chi connectivity index (χ1) is 8.56. The monoisotopic (exact) mass is 251 g/mol. The van der Waals surface area contributed by atoms with Crippen molar-refractivity contribution in [3.8, 4) is 0 Å². The van der Waals surface area contributed by atoms with E-state index in [2.05, 4.69) is 5.10 Å². The third-order valence-electron chi connectivity index (χ3n) is 3.45. The quantitative estimate of drug-likeness (QED) is 0.811. The topological polar surface area (TPSA) is 47.4 Å². The van der Waals surface area contributed by atoms with Gasteiger partial charge in [0.1, 0.15) is 0 Å². The predicted molar refractivity (Wildman–Crippen MR) is 68.6 cm³/mol. The van der Waals surface area contributed by atoms with Gasteiger partial charge in [0.2, 0.25) is 0 Å². The number of carbonyl (C=O) groups excluding carboxylic acids is 1. The van der Waals surface area contributed by atoms with Gasteiger partial charge in [-0.3, -0.25) is 9.48 Å². The SMILES string of the molecule is CCN(C(=O)c1cc2n(n1)C[C@@H](OC)C2)C(C)C. The number of hydrogen-bond donors (Lipinski definition) is 0. The van der Waals surface area contributed by atoms with Crippen molar-refractivity contribution in [2.45, 2.75) is 45.9 Å². The first-order valence-electron chi connectivity index (χ1n) is 6.47. The van der Waals surface area contributed by atoms with Gasteiger partial charge in [-0.15, -0.1) is 0 Å². The zero-order valence-corrected chi connectivity index (χ0v) is 11.5. The first kappa shape index (κ1) is 13.1. The fraction of sp³-hybridized carbons (Fsp3) is 0.692. The smallest absolute Gasteiger partial charge is 0.274 e. The molecule has 0 spiro atoms. The van der Waals surface area contributed by atoms with Crippen LogP contribution in [-0.4, -0.2) is 46.4 Å². The summed E-state index contributed by atoms with van der Waals surface area (Å²) >= 11 is 0. The summed E-state index contributed by atoms with van der Waals surface area (Å²) in [7, 11) is 1.71. The van der Waals surface area contributed by atoms with E-state index >= 15 is 0 Å². The Morgan fingerprint density at radius 2 is 2.39 bits per heavy atom. The van der Waals surface area contributed by atoms with Crippen LogP contribution in [0.5, 0.6) is 0 Å². The molecule has 1 amide bonds. The van der Waals surface area contributed by atoms with Gasteiger partial charge in [-0.05, 0) is 26.8 Å². The van der Waals surface area contributed by atoms with Gasteiger partial charge in [-0.1, -0.05) is 0 Å². The number of rotatable bonds is 4. The number of methoxy groups -OCH3 is 1. The second-order valence-corrected chi connectivity index (χ2v) is 4.95. The second kappa shape index (κ2) is 5.10. The summed E-state index contributed by atoms with van der Waals surface area (Å²) < 4.78 is 7.19. The lowest BCUT2D eigenvalue weighted by molar-refractivity contribution is 0.0706. The third kappa shape index (κ3) is 2.27. The Hall–Kier alpha value is -1.36. The summed E-state index contributed by atoms with van der Waals surface area (Å²) in [6, 6.07) is 2.10.